The molecule has 1 amide bonds. The molecule has 0 aromatic carbocycles. The second-order valence-corrected chi connectivity index (χ2v) is 5.80. The van der Waals surface area contributed by atoms with Crippen molar-refractivity contribution in [3.63, 3.8) is 0 Å². The van der Waals surface area contributed by atoms with Gasteiger partial charge in [0.15, 0.2) is 0 Å². The molecule has 2 rings (SSSR count). The zero-order valence-electron chi connectivity index (χ0n) is 14.3. The number of hydrogen-bond donors (Lipinski definition) is 1. The summed E-state index contributed by atoms with van der Waals surface area (Å²) in [6, 6.07) is 3.71. The van der Waals surface area contributed by atoms with E-state index in [0.29, 0.717) is 18.7 Å². The molecule has 0 saturated carbocycles. The van der Waals surface area contributed by atoms with Gasteiger partial charge in [0.1, 0.15) is 5.82 Å². The van der Waals surface area contributed by atoms with Crippen molar-refractivity contribution in [3.8, 4) is 0 Å². The van der Waals surface area contributed by atoms with Gasteiger partial charge in [-0.1, -0.05) is 0 Å². The van der Waals surface area contributed by atoms with Crippen molar-refractivity contribution in [2.75, 3.05) is 45.2 Å². The molecule has 24 heavy (non-hydrogen) atoms. The Labute approximate surface area is 156 Å². The molecular formula is C16H28Cl2N4O2. The van der Waals surface area contributed by atoms with Gasteiger partial charge >= 0.3 is 0 Å². The molecule has 0 unspecified atom stereocenters. The van der Waals surface area contributed by atoms with Crippen molar-refractivity contribution in [2.45, 2.75) is 25.4 Å². The molecule has 0 aliphatic carbocycles. The number of nitrogens with zero attached hydrogens (tertiary/aromatic N) is 3. The van der Waals surface area contributed by atoms with Crippen molar-refractivity contribution < 1.29 is 9.53 Å². The Balaban J connectivity index is 0.00000264. The predicted molar refractivity (Wildman–Crippen MR) is 102 cm³/mol. The lowest BCUT2D eigenvalue weighted by atomic mass is 10.1. The van der Waals surface area contributed by atoms with Gasteiger partial charge in [0, 0.05) is 40.0 Å². The number of anilines is 1. The number of likely N-dealkylation sites (tertiary alicyclic amines) is 1. The lowest BCUT2D eigenvalue weighted by Crippen LogP contribution is -2.41. The molecule has 0 atom stereocenters. The number of amides is 1. The minimum atomic E-state index is 0. The number of rotatable bonds is 6. The van der Waals surface area contributed by atoms with Crippen LogP contribution in [0.2, 0.25) is 0 Å². The number of aromatic nitrogens is 1. The van der Waals surface area contributed by atoms with E-state index in [0.717, 1.165) is 38.2 Å². The molecule has 0 radical (unpaired) electrons. The Morgan fingerprint density at radius 2 is 2.00 bits per heavy atom. The largest absolute Gasteiger partial charge is 0.378 e. The van der Waals surface area contributed by atoms with E-state index in [9.17, 15) is 4.79 Å². The fourth-order valence-electron chi connectivity index (χ4n) is 2.52. The Bertz CT molecular complexity index is 477. The molecule has 2 N–H and O–H groups in total. The van der Waals surface area contributed by atoms with Crippen molar-refractivity contribution in [3.05, 3.63) is 23.9 Å². The molecule has 0 spiro atoms. The van der Waals surface area contributed by atoms with Gasteiger partial charge in [0.2, 0.25) is 0 Å². The number of piperidine rings is 1. The van der Waals surface area contributed by atoms with E-state index >= 15 is 0 Å². The molecule has 1 aliphatic heterocycles. The molecule has 1 fully saturated rings. The number of carbonyl (C=O) groups is 1. The minimum absolute atomic E-state index is 0. The lowest BCUT2D eigenvalue weighted by Gasteiger charge is -2.32. The third-order valence-electron chi connectivity index (χ3n) is 3.88. The van der Waals surface area contributed by atoms with Gasteiger partial charge in [0.25, 0.3) is 5.91 Å². The van der Waals surface area contributed by atoms with E-state index in [-0.39, 0.29) is 36.8 Å². The highest BCUT2D eigenvalue weighted by Crippen LogP contribution is 2.17. The monoisotopic (exact) mass is 378 g/mol. The summed E-state index contributed by atoms with van der Waals surface area (Å²) in [5.41, 5.74) is 6.10. The predicted octanol–water partition coefficient (Wildman–Crippen LogP) is 1.96. The Hall–Kier alpha value is -1.08. The highest BCUT2D eigenvalue weighted by atomic mass is 35.5. The average molecular weight is 379 g/mol. The number of nitrogens with two attached hydrogens (primary N) is 1. The summed E-state index contributed by atoms with van der Waals surface area (Å²) in [7, 11) is 3.86. The summed E-state index contributed by atoms with van der Waals surface area (Å²) in [6.45, 7) is 2.85. The molecule has 1 aliphatic rings. The zero-order chi connectivity index (χ0) is 15.9. The van der Waals surface area contributed by atoms with E-state index in [2.05, 4.69) is 4.98 Å². The van der Waals surface area contributed by atoms with Crippen LogP contribution < -0.4 is 10.6 Å². The molecule has 0 bridgehead atoms. The number of ether oxygens (including phenoxy) is 1. The van der Waals surface area contributed by atoms with Crippen LogP contribution in [0.15, 0.2) is 18.3 Å². The minimum Gasteiger partial charge on any atom is -0.378 e. The van der Waals surface area contributed by atoms with Gasteiger partial charge in [-0.2, -0.15) is 0 Å². The summed E-state index contributed by atoms with van der Waals surface area (Å²) < 4.78 is 5.76. The molecular weight excluding hydrogens is 351 g/mol. The fraction of sp³-hybridized carbons (Fsp3) is 0.625. The molecule has 138 valence electrons. The van der Waals surface area contributed by atoms with Crippen molar-refractivity contribution >= 4 is 36.5 Å². The highest BCUT2D eigenvalue weighted by Gasteiger charge is 2.24. The SMILES string of the molecule is CN(C)c1ccc(C(=O)N2CCC(OCCCN)CC2)cn1.Cl.Cl. The van der Waals surface area contributed by atoms with Crippen LogP contribution in [0.1, 0.15) is 29.6 Å². The number of pyridine rings is 1. The average Bonchev–Trinajstić information content (AvgIpc) is 2.55. The topological polar surface area (TPSA) is 71.7 Å². The first-order valence-corrected chi connectivity index (χ1v) is 7.86. The summed E-state index contributed by atoms with van der Waals surface area (Å²) in [5.74, 6) is 0.904. The first-order chi connectivity index (χ1) is 10.6. The van der Waals surface area contributed by atoms with Crippen LogP contribution in [0.4, 0.5) is 5.82 Å². The second-order valence-electron chi connectivity index (χ2n) is 5.80. The second kappa shape index (κ2) is 11.5. The van der Waals surface area contributed by atoms with Gasteiger partial charge in [0.05, 0.1) is 11.7 Å². The van der Waals surface area contributed by atoms with Crippen LogP contribution in [0, 0.1) is 0 Å². The molecule has 8 heteroatoms. The van der Waals surface area contributed by atoms with Gasteiger partial charge in [-0.3, -0.25) is 4.79 Å². The summed E-state index contributed by atoms with van der Waals surface area (Å²) in [5, 5.41) is 0. The number of hydrogen-bond acceptors (Lipinski definition) is 5. The van der Waals surface area contributed by atoms with E-state index in [1.165, 1.54) is 0 Å². The smallest absolute Gasteiger partial charge is 0.255 e. The molecule has 1 saturated heterocycles. The van der Waals surface area contributed by atoms with Gasteiger partial charge in [-0.05, 0) is 37.9 Å². The standard InChI is InChI=1S/C16H26N4O2.2ClH/c1-19(2)15-5-4-13(12-18-15)16(21)20-9-6-14(7-10-20)22-11-3-8-17;;/h4-5,12,14H,3,6-11,17H2,1-2H3;2*1H. The van der Waals surface area contributed by atoms with E-state index in [4.69, 9.17) is 10.5 Å². The fourth-order valence-corrected chi connectivity index (χ4v) is 2.52. The van der Waals surface area contributed by atoms with Crippen molar-refractivity contribution in [1.29, 1.82) is 0 Å². The Morgan fingerprint density at radius 1 is 1.33 bits per heavy atom. The van der Waals surface area contributed by atoms with E-state index in [1.54, 1.807) is 6.20 Å². The van der Waals surface area contributed by atoms with Crippen molar-refractivity contribution in [1.82, 2.24) is 9.88 Å². The highest BCUT2D eigenvalue weighted by molar-refractivity contribution is 5.94. The third-order valence-corrected chi connectivity index (χ3v) is 3.88. The molecule has 1 aromatic heterocycles. The van der Waals surface area contributed by atoms with Crippen LogP contribution in [0.3, 0.4) is 0 Å². The maximum absolute atomic E-state index is 12.5. The van der Waals surface area contributed by atoms with Crippen LogP contribution in [-0.4, -0.2) is 62.2 Å². The van der Waals surface area contributed by atoms with Gasteiger partial charge < -0.3 is 20.3 Å². The van der Waals surface area contributed by atoms with Crippen LogP contribution in [0.25, 0.3) is 0 Å². The van der Waals surface area contributed by atoms with Crippen LogP contribution >= 0.6 is 24.8 Å². The molecule has 2 heterocycles. The Kier molecular flexibility index (Phi) is 11.0. The Morgan fingerprint density at radius 3 is 2.50 bits per heavy atom. The van der Waals surface area contributed by atoms with Crippen LogP contribution in [0.5, 0.6) is 0 Å². The maximum Gasteiger partial charge on any atom is 0.255 e. The normalized spacial score (nSPS) is 14.5. The first kappa shape index (κ1) is 22.9. The number of carbonyl (C=O) groups excluding carboxylic acids is 1. The summed E-state index contributed by atoms with van der Waals surface area (Å²) in [4.78, 5) is 20.6. The van der Waals surface area contributed by atoms with E-state index < -0.39 is 0 Å². The summed E-state index contributed by atoms with van der Waals surface area (Å²) in [6.07, 6.45) is 4.58. The first-order valence-electron chi connectivity index (χ1n) is 7.86. The van der Waals surface area contributed by atoms with E-state index in [1.807, 2.05) is 36.0 Å². The molecule has 1 aromatic rings. The lowest BCUT2D eigenvalue weighted by molar-refractivity contribution is 0.00844. The van der Waals surface area contributed by atoms with Crippen molar-refractivity contribution in [2.24, 2.45) is 5.73 Å². The quantitative estimate of drug-likeness (QED) is 0.766. The van der Waals surface area contributed by atoms with Gasteiger partial charge in [-0.25, -0.2) is 4.98 Å². The number of halogens is 2. The van der Waals surface area contributed by atoms with Crippen LogP contribution in [-0.2, 0) is 4.74 Å². The zero-order valence-corrected chi connectivity index (χ0v) is 15.9. The summed E-state index contributed by atoms with van der Waals surface area (Å²) >= 11 is 0. The van der Waals surface area contributed by atoms with Gasteiger partial charge in [-0.15, -0.1) is 24.8 Å². The maximum atomic E-state index is 12.5. The third kappa shape index (κ3) is 6.43. The molecule has 6 nitrogen and oxygen atoms in total.